The number of thiazole rings is 1. The highest BCUT2D eigenvalue weighted by molar-refractivity contribution is 7.14. The van der Waals surface area contributed by atoms with E-state index in [1.165, 1.54) is 19.1 Å². The van der Waals surface area contributed by atoms with Gasteiger partial charge in [-0.2, -0.15) is 0 Å². The average Bonchev–Trinajstić information content (AvgIpc) is 3.26. The normalized spacial score (nSPS) is 11.9. The number of nitrogens with one attached hydrogen (secondary N) is 1. The number of esters is 1. The van der Waals surface area contributed by atoms with Crippen LogP contribution in [0.5, 0.6) is 0 Å². The lowest BCUT2D eigenvalue weighted by Crippen LogP contribution is -2.29. The van der Waals surface area contributed by atoms with Gasteiger partial charge in [-0.1, -0.05) is 0 Å². The molecular weight excluding hydrogens is 378 g/mol. The molecule has 0 unspecified atom stereocenters. The molecule has 0 saturated carbocycles. The molecule has 0 radical (unpaired) electrons. The Morgan fingerprint density at radius 3 is 2.67 bits per heavy atom. The molecule has 1 N–H and O–H groups in total. The van der Waals surface area contributed by atoms with Gasteiger partial charge in [0.25, 0.3) is 5.91 Å². The van der Waals surface area contributed by atoms with Crippen molar-refractivity contribution in [3.8, 4) is 11.3 Å². The maximum Gasteiger partial charge on any atom is 0.375 e. The van der Waals surface area contributed by atoms with Gasteiger partial charge in [-0.15, -0.1) is 11.3 Å². The van der Waals surface area contributed by atoms with Gasteiger partial charge >= 0.3 is 5.97 Å². The Hall–Kier alpha value is -3.07. The van der Waals surface area contributed by atoms with Crippen LogP contribution >= 0.6 is 11.3 Å². The molecule has 6 nitrogen and oxygen atoms in total. The molecular formula is C18H14F2N2O4S. The summed E-state index contributed by atoms with van der Waals surface area (Å²) in [6, 6.07) is 6.47. The first-order valence-electron chi connectivity index (χ1n) is 7.82. The number of anilines is 1. The monoisotopic (exact) mass is 392 g/mol. The highest BCUT2D eigenvalue weighted by atomic mass is 32.1. The lowest BCUT2D eigenvalue weighted by molar-refractivity contribution is -0.123. The largest absolute Gasteiger partial charge is 0.454 e. The Balaban J connectivity index is 1.63. The fourth-order valence-corrected chi connectivity index (χ4v) is 2.87. The second-order valence-corrected chi connectivity index (χ2v) is 6.47. The Kier molecular flexibility index (Phi) is 5.31. The number of carbonyl (C=O) groups is 2. The molecule has 2 heterocycles. The Morgan fingerprint density at radius 1 is 1.22 bits per heavy atom. The molecule has 1 aromatic carbocycles. The highest BCUT2D eigenvalue weighted by Gasteiger charge is 2.22. The van der Waals surface area contributed by atoms with E-state index in [0.29, 0.717) is 17.0 Å². The third-order valence-electron chi connectivity index (χ3n) is 3.54. The van der Waals surface area contributed by atoms with Crippen LogP contribution in [0.3, 0.4) is 0 Å². The molecule has 3 rings (SSSR count). The van der Waals surface area contributed by atoms with Crippen LogP contribution in [0.25, 0.3) is 11.3 Å². The fraction of sp³-hybridized carbons (Fsp3) is 0.167. The first-order chi connectivity index (χ1) is 12.8. The van der Waals surface area contributed by atoms with Crippen LogP contribution in [0.4, 0.5) is 13.9 Å². The summed E-state index contributed by atoms with van der Waals surface area (Å²) in [4.78, 5) is 28.2. The number of carbonyl (C=O) groups excluding carboxylic acids is 2. The molecule has 27 heavy (non-hydrogen) atoms. The Labute approximate surface area is 156 Å². The van der Waals surface area contributed by atoms with Crippen LogP contribution in [-0.4, -0.2) is 23.0 Å². The van der Waals surface area contributed by atoms with Gasteiger partial charge in [0.05, 0.1) is 5.69 Å². The van der Waals surface area contributed by atoms with Crippen molar-refractivity contribution in [3.05, 3.63) is 58.9 Å². The van der Waals surface area contributed by atoms with Gasteiger partial charge in [0.1, 0.15) is 5.76 Å². The zero-order valence-corrected chi connectivity index (χ0v) is 15.1. The van der Waals surface area contributed by atoms with Crippen LogP contribution < -0.4 is 5.32 Å². The minimum atomic E-state index is -1.08. The molecule has 3 aromatic rings. The summed E-state index contributed by atoms with van der Waals surface area (Å²) in [5, 5.41) is 4.33. The maximum absolute atomic E-state index is 13.3. The molecule has 1 atom stereocenters. The number of hydrogen-bond donors (Lipinski definition) is 1. The first kappa shape index (κ1) is 18.7. The summed E-state index contributed by atoms with van der Waals surface area (Å²) in [6.45, 7) is 3.09. The zero-order chi connectivity index (χ0) is 19.6. The molecule has 0 bridgehead atoms. The zero-order valence-electron chi connectivity index (χ0n) is 14.3. The van der Waals surface area contributed by atoms with Crippen molar-refractivity contribution < 1.29 is 27.5 Å². The predicted octanol–water partition coefficient (Wildman–Crippen LogP) is 4.17. The van der Waals surface area contributed by atoms with Crippen LogP contribution in [-0.2, 0) is 9.53 Å². The summed E-state index contributed by atoms with van der Waals surface area (Å²) >= 11 is 1.10. The Bertz CT molecular complexity index is 999. The molecule has 0 aliphatic carbocycles. The van der Waals surface area contributed by atoms with Gasteiger partial charge in [0.2, 0.25) is 5.76 Å². The van der Waals surface area contributed by atoms with Crippen LogP contribution in [0.15, 0.2) is 40.1 Å². The molecule has 0 aliphatic rings. The van der Waals surface area contributed by atoms with Crippen molar-refractivity contribution in [2.75, 3.05) is 5.32 Å². The van der Waals surface area contributed by atoms with Gasteiger partial charge in [0, 0.05) is 10.9 Å². The van der Waals surface area contributed by atoms with E-state index in [-0.39, 0.29) is 10.9 Å². The molecule has 0 spiro atoms. The van der Waals surface area contributed by atoms with Crippen LogP contribution in [0.2, 0.25) is 0 Å². The van der Waals surface area contributed by atoms with Crippen molar-refractivity contribution >= 4 is 28.3 Å². The maximum atomic E-state index is 13.3. The molecule has 2 aromatic heterocycles. The minimum Gasteiger partial charge on any atom is -0.454 e. The van der Waals surface area contributed by atoms with Gasteiger partial charge in [0.15, 0.2) is 22.9 Å². The topological polar surface area (TPSA) is 81.4 Å². The number of benzene rings is 1. The third-order valence-corrected chi connectivity index (χ3v) is 4.30. The van der Waals surface area contributed by atoms with E-state index in [1.807, 2.05) is 0 Å². The number of aromatic nitrogens is 1. The lowest BCUT2D eigenvalue weighted by atomic mass is 10.2. The quantitative estimate of drug-likeness (QED) is 0.659. The standard InChI is InChI=1S/C18H14F2N2O4S/c1-9-3-6-15(25-9)17(24)26-10(2)16(23)22-18-21-14(8-27-18)11-4-5-12(19)13(20)7-11/h3-8,10H,1-2H3,(H,21,22,23)/t10-/m1/s1. The SMILES string of the molecule is Cc1ccc(C(=O)O[C@H](C)C(=O)Nc2nc(-c3ccc(F)c(F)c3)cs2)o1. The average molecular weight is 392 g/mol. The number of nitrogens with zero attached hydrogens (tertiary/aromatic N) is 1. The minimum absolute atomic E-state index is 0.00187. The van der Waals surface area contributed by atoms with Gasteiger partial charge < -0.3 is 9.15 Å². The van der Waals surface area contributed by atoms with E-state index in [2.05, 4.69) is 10.3 Å². The van der Waals surface area contributed by atoms with Crippen LogP contribution in [0, 0.1) is 18.6 Å². The van der Waals surface area contributed by atoms with Gasteiger partial charge in [-0.05, 0) is 44.2 Å². The highest BCUT2D eigenvalue weighted by Crippen LogP contribution is 2.26. The van der Waals surface area contributed by atoms with Crippen LogP contribution in [0.1, 0.15) is 23.2 Å². The van der Waals surface area contributed by atoms with Crippen molar-refractivity contribution in [1.29, 1.82) is 0 Å². The van der Waals surface area contributed by atoms with Gasteiger partial charge in [-0.3, -0.25) is 10.1 Å². The number of amides is 1. The number of aryl methyl sites for hydroxylation is 1. The number of ether oxygens (including phenoxy) is 1. The molecule has 140 valence electrons. The lowest BCUT2D eigenvalue weighted by Gasteiger charge is -2.11. The smallest absolute Gasteiger partial charge is 0.375 e. The number of hydrogen-bond acceptors (Lipinski definition) is 6. The van der Waals surface area contributed by atoms with Gasteiger partial charge in [-0.25, -0.2) is 18.6 Å². The second-order valence-electron chi connectivity index (χ2n) is 5.61. The Morgan fingerprint density at radius 2 is 2.00 bits per heavy atom. The molecule has 0 aliphatic heterocycles. The van der Waals surface area contributed by atoms with E-state index < -0.39 is 29.6 Å². The summed E-state index contributed by atoms with van der Waals surface area (Å²) < 4.78 is 36.5. The van der Waals surface area contributed by atoms with E-state index in [9.17, 15) is 18.4 Å². The van der Waals surface area contributed by atoms with Crippen molar-refractivity contribution in [1.82, 2.24) is 4.98 Å². The number of halogens is 2. The van der Waals surface area contributed by atoms with Crippen molar-refractivity contribution in [2.45, 2.75) is 20.0 Å². The number of furan rings is 1. The van der Waals surface area contributed by atoms with E-state index in [4.69, 9.17) is 9.15 Å². The fourth-order valence-electron chi connectivity index (χ4n) is 2.14. The predicted molar refractivity (Wildman–Crippen MR) is 94.4 cm³/mol. The second kappa shape index (κ2) is 7.67. The first-order valence-corrected chi connectivity index (χ1v) is 8.70. The molecule has 1 amide bonds. The summed E-state index contributed by atoms with van der Waals surface area (Å²) in [6.07, 6.45) is -1.08. The third kappa shape index (κ3) is 4.37. The number of rotatable bonds is 5. The molecule has 9 heteroatoms. The van der Waals surface area contributed by atoms with E-state index >= 15 is 0 Å². The van der Waals surface area contributed by atoms with E-state index in [1.54, 1.807) is 18.4 Å². The van der Waals surface area contributed by atoms with Crippen molar-refractivity contribution in [3.63, 3.8) is 0 Å². The summed E-state index contributed by atoms with van der Waals surface area (Å²) in [5.74, 6) is -2.73. The summed E-state index contributed by atoms with van der Waals surface area (Å²) in [5.41, 5.74) is 0.753. The van der Waals surface area contributed by atoms with Crippen molar-refractivity contribution in [2.24, 2.45) is 0 Å². The van der Waals surface area contributed by atoms with E-state index in [0.717, 1.165) is 23.5 Å². The molecule has 0 fully saturated rings. The molecule has 0 saturated heterocycles. The summed E-state index contributed by atoms with van der Waals surface area (Å²) in [7, 11) is 0.